The fourth-order valence-electron chi connectivity index (χ4n) is 2.67. The Morgan fingerprint density at radius 2 is 1.96 bits per heavy atom. The molecule has 4 aromatic rings. The minimum atomic E-state index is -0.166. The van der Waals surface area contributed by atoms with Crippen LogP contribution >= 0.6 is 11.3 Å². The van der Waals surface area contributed by atoms with Gasteiger partial charge < -0.3 is 5.32 Å². The van der Waals surface area contributed by atoms with Gasteiger partial charge in [-0.1, -0.05) is 12.1 Å². The zero-order valence-electron chi connectivity index (χ0n) is 13.6. The molecule has 25 heavy (non-hydrogen) atoms. The quantitative estimate of drug-likeness (QED) is 0.573. The molecule has 2 aromatic carbocycles. The number of hydrogen-bond donors (Lipinski definition) is 1. The Hall–Kier alpha value is -3.05. The van der Waals surface area contributed by atoms with Gasteiger partial charge in [0, 0.05) is 23.6 Å². The highest BCUT2D eigenvalue weighted by Crippen LogP contribution is 2.33. The predicted octanol–water partition coefficient (Wildman–Crippen LogP) is 4.92. The summed E-state index contributed by atoms with van der Waals surface area (Å²) in [5.41, 5.74) is 4.46. The Labute approximate surface area is 149 Å². The number of rotatable bonds is 3. The summed E-state index contributed by atoms with van der Waals surface area (Å²) in [4.78, 5) is 20.9. The standard InChI is InChI=1S/C20H15N3OS/c1-13-11-15(22-19(24)14-5-4-10-21-12-14)8-9-16(13)20-23-17-6-2-3-7-18(17)25-20/h2-12H,1H3,(H,22,24). The summed E-state index contributed by atoms with van der Waals surface area (Å²) in [6.45, 7) is 2.03. The molecule has 4 rings (SSSR count). The monoisotopic (exact) mass is 345 g/mol. The van der Waals surface area contributed by atoms with Gasteiger partial charge in [-0.05, 0) is 55.0 Å². The van der Waals surface area contributed by atoms with Crippen molar-refractivity contribution in [3.8, 4) is 10.6 Å². The van der Waals surface area contributed by atoms with Gasteiger partial charge in [0.2, 0.25) is 0 Å². The fourth-order valence-corrected chi connectivity index (χ4v) is 3.73. The third-order valence-corrected chi connectivity index (χ3v) is 5.00. The summed E-state index contributed by atoms with van der Waals surface area (Å²) in [6.07, 6.45) is 3.20. The van der Waals surface area contributed by atoms with Crippen molar-refractivity contribution in [3.63, 3.8) is 0 Å². The van der Waals surface area contributed by atoms with Crippen LogP contribution in [0.5, 0.6) is 0 Å². The highest BCUT2D eigenvalue weighted by Gasteiger charge is 2.11. The maximum atomic E-state index is 12.2. The van der Waals surface area contributed by atoms with Crippen molar-refractivity contribution in [2.24, 2.45) is 0 Å². The second kappa shape index (κ2) is 6.45. The van der Waals surface area contributed by atoms with Crippen molar-refractivity contribution >= 4 is 33.1 Å². The molecule has 2 heterocycles. The number of fused-ring (bicyclic) bond motifs is 1. The Morgan fingerprint density at radius 3 is 2.72 bits per heavy atom. The highest BCUT2D eigenvalue weighted by atomic mass is 32.1. The van der Waals surface area contributed by atoms with Crippen LogP contribution in [0.3, 0.4) is 0 Å². The lowest BCUT2D eigenvalue weighted by molar-refractivity contribution is 0.102. The largest absolute Gasteiger partial charge is 0.322 e. The van der Waals surface area contributed by atoms with Gasteiger partial charge in [0.1, 0.15) is 5.01 Å². The summed E-state index contributed by atoms with van der Waals surface area (Å²) in [7, 11) is 0. The zero-order valence-corrected chi connectivity index (χ0v) is 14.4. The first-order valence-corrected chi connectivity index (χ1v) is 8.70. The number of pyridine rings is 1. The average Bonchev–Trinajstić information content (AvgIpc) is 3.06. The molecule has 0 radical (unpaired) electrons. The van der Waals surface area contributed by atoms with Gasteiger partial charge in [0.25, 0.3) is 5.91 Å². The van der Waals surface area contributed by atoms with Crippen molar-refractivity contribution in [1.29, 1.82) is 0 Å². The number of benzene rings is 2. The molecule has 1 amide bonds. The van der Waals surface area contributed by atoms with E-state index in [2.05, 4.69) is 16.4 Å². The van der Waals surface area contributed by atoms with Gasteiger partial charge in [-0.2, -0.15) is 0 Å². The first-order chi connectivity index (χ1) is 12.2. The van der Waals surface area contributed by atoms with Crippen molar-refractivity contribution in [2.75, 3.05) is 5.32 Å². The summed E-state index contributed by atoms with van der Waals surface area (Å²) < 4.78 is 1.17. The van der Waals surface area contributed by atoms with E-state index in [-0.39, 0.29) is 5.91 Å². The second-order valence-electron chi connectivity index (χ2n) is 5.71. The van der Waals surface area contributed by atoms with E-state index in [4.69, 9.17) is 4.98 Å². The number of hydrogen-bond acceptors (Lipinski definition) is 4. The van der Waals surface area contributed by atoms with Gasteiger partial charge >= 0.3 is 0 Å². The van der Waals surface area contributed by atoms with E-state index in [0.717, 1.165) is 27.3 Å². The van der Waals surface area contributed by atoms with Crippen LogP contribution in [0.1, 0.15) is 15.9 Å². The van der Waals surface area contributed by atoms with Gasteiger partial charge in [-0.25, -0.2) is 4.98 Å². The van der Waals surface area contributed by atoms with E-state index in [9.17, 15) is 4.79 Å². The molecule has 0 aliphatic heterocycles. The van der Waals surface area contributed by atoms with Gasteiger partial charge in [-0.3, -0.25) is 9.78 Å². The van der Waals surface area contributed by atoms with Crippen LogP contribution in [0.15, 0.2) is 67.0 Å². The molecule has 0 aliphatic carbocycles. The fraction of sp³-hybridized carbons (Fsp3) is 0.0500. The number of para-hydroxylation sites is 1. The molecule has 0 saturated heterocycles. The van der Waals surface area contributed by atoms with Crippen molar-refractivity contribution in [3.05, 3.63) is 78.1 Å². The lowest BCUT2D eigenvalue weighted by Crippen LogP contribution is -2.12. The lowest BCUT2D eigenvalue weighted by atomic mass is 10.1. The molecule has 0 atom stereocenters. The molecule has 2 aromatic heterocycles. The Bertz CT molecular complexity index is 1020. The molecule has 1 N–H and O–H groups in total. The summed E-state index contributed by atoms with van der Waals surface area (Å²) in [5, 5.41) is 3.90. The average molecular weight is 345 g/mol. The van der Waals surface area contributed by atoms with E-state index in [1.54, 1.807) is 35.9 Å². The third-order valence-electron chi connectivity index (χ3n) is 3.93. The first kappa shape index (κ1) is 15.5. The van der Waals surface area contributed by atoms with Crippen molar-refractivity contribution < 1.29 is 4.79 Å². The maximum absolute atomic E-state index is 12.2. The van der Waals surface area contributed by atoms with E-state index in [1.165, 1.54) is 4.70 Å². The number of anilines is 1. The number of aromatic nitrogens is 2. The molecular formula is C20H15N3OS. The van der Waals surface area contributed by atoms with Crippen LogP contribution in [0.25, 0.3) is 20.8 Å². The Morgan fingerprint density at radius 1 is 1.08 bits per heavy atom. The second-order valence-corrected chi connectivity index (χ2v) is 6.74. The molecule has 5 heteroatoms. The van der Waals surface area contributed by atoms with E-state index < -0.39 is 0 Å². The minimum absolute atomic E-state index is 0.166. The summed E-state index contributed by atoms with van der Waals surface area (Å²) in [5.74, 6) is -0.166. The molecule has 0 saturated carbocycles. The van der Waals surface area contributed by atoms with Crippen LogP contribution in [-0.4, -0.2) is 15.9 Å². The number of amides is 1. The van der Waals surface area contributed by atoms with Gasteiger partial charge in [0.15, 0.2) is 0 Å². The smallest absolute Gasteiger partial charge is 0.257 e. The summed E-state index contributed by atoms with van der Waals surface area (Å²) in [6, 6.07) is 17.5. The first-order valence-electron chi connectivity index (χ1n) is 7.89. The molecule has 0 unspecified atom stereocenters. The molecule has 0 bridgehead atoms. The zero-order chi connectivity index (χ0) is 17.2. The predicted molar refractivity (Wildman–Crippen MR) is 102 cm³/mol. The van der Waals surface area contributed by atoms with Crippen LogP contribution in [0.4, 0.5) is 5.69 Å². The van der Waals surface area contributed by atoms with E-state index >= 15 is 0 Å². The number of nitrogens with one attached hydrogen (secondary N) is 1. The normalized spacial score (nSPS) is 10.8. The van der Waals surface area contributed by atoms with Crippen molar-refractivity contribution in [2.45, 2.75) is 6.92 Å². The molecule has 0 fully saturated rings. The molecule has 4 nitrogen and oxygen atoms in total. The lowest BCUT2D eigenvalue weighted by Gasteiger charge is -2.08. The maximum Gasteiger partial charge on any atom is 0.257 e. The topological polar surface area (TPSA) is 54.9 Å². The van der Waals surface area contributed by atoms with Crippen LogP contribution < -0.4 is 5.32 Å². The molecular weight excluding hydrogens is 330 g/mol. The minimum Gasteiger partial charge on any atom is -0.322 e. The van der Waals surface area contributed by atoms with Crippen LogP contribution in [-0.2, 0) is 0 Å². The number of aryl methyl sites for hydroxylation is 1. The molecule has 0 aliphatic rings. The van der Waals surface area contributed by atoms with Gasteiger partial charge in [-0.15, -0.1) is 11.3 Å². The summed E-state index contributed by atoms with van der Waals surface area (Å²) >= 11 is 1.67. The highest BCUT2D eigenvalue weighted by molar-refractivity contribution is 7.21. The van der Waals surface area contributed by atoms with E-state index in [1.807, 2.05) is 43.3 Å². The third kappa shape index (κ3) is 3.14. The van der Waals surface area contributed by atoms with Crippen molar-refractivity contribution in [1.82, 2.24) is 9.97 Å². The van der Waals surface area contributed by atoms with Gasteiger partial charge in [0.05, 0.1) is 15.8 Å². The number of thiazole rings is 1. The Balaban J connectivity index is 1.61. The molecule has 0 spiro atoms. The molecule has 122 valence electrons. The number of carbonyl (C=O) groups excluding carboxylic acids is 1. The van der Waals surface area contributed by atoms with Crippen LogP contribution in [0.2, 0.25) is 0 Å². The number of carbonyl (C=O) groups is 1. The SMILES string of the molecule is Cc1cc(NC(=O)c2cccnc2)ccc1-c1nc2ccccc2s1. The van der Waals surface area contributed by atoms with E-state index in [0.29, 0.717) is 5.56 Å². The Kier molecular flexibility index (Phi) is 3.99. The number of nitrogens with zero attached hydrogens (tertiary/aromatic N) is 2. The van der Waals surface area contributed by atoms with Crippen LogP contribution in [0, 0.1) is 6.92 Å².